The summed E-state index contributed by atoms with van der Waals surface area (Å²) in [6.07, 6.45) is 4.81. The lowest BCUT2D eigenvalue weighted by atomic mass is 10.1. The number of benzene rings is 2. The molecular weight excluding hydrogens is 362 g/mol. The molecule has 5 heteroatoms. The number of nitrogens with one attached hydrogen (secondary N) is 2. The first-order valence-corrected chi connectivity index (χ1v) is 10.6. The third-order valence-corrected chi connectivity index (χ3v) is 5.70. The van der Waals surface area contributed by atoms with Crippen LogP contribution in [-0.2, 0) is 30.7 Å². The van der Waals surface area contributed by atoms with Crippen LogP contribution in [-0.4, -0.2) is 32.3 Å². The van der Waals surface area contributed by atoms with E-state index in [0.29, 0.717) is 13.2 Å². The highest BCUT2D eigenvalue weighted by molar-refractivity contribution is 5.79. The molecule has 5 nitrogen and oxygen atoms in total. The molecule has 1 saturated heterocycles. The summed E-state index contributed by atoms with van der Waals surface area (Å²) in [6, 6.07) is 13.2. The smallest absolute Gasteiger partial charge is 0.191 e. The zero-order valence-electron chi connectivity index (χ0n) is 17.5. The SMILES string of the molecule is CN=C(NCc1ccc2c(c1)CCC2)NCc1ccc(C)cc1OC1CCOC1. The van der Waals surface area contributed by atoms with E-state index in [2.05, 4.69) is 58.9 Å². The highest BCUT2D eigenvalue weighted by Crippen LogP contribution is 2.24. The van der Waals surface area contributed by atoms with E-state index in [4.69, 9.17) is 9.47 Å². The second-order valence-electron chi connectivity index (χ2n) is 7.95. The van der Waals surface area contributed by atoms with Crippen LogP contribution in [0.3, 0.4) is 0 Å². The van der Waals surface area contributed by atoms with E-state index < -0.39 is 0 Å². The monoisotopic (exact) mass is 393 g/mol. The summed E-state index contributed by atoms with van der Waals surface area (Å²) >= 11 is 0. The third kappa shape index (κ3) is 5.10. The van der Waals surface area contributed by atoms with Gasteiger partial charge in [-0.1, -0.05) is 30.3 Å². The van der Waals surface area contributed by atoms with Gasteiger partial charge in [0.05, 0.1) is 13.2 Å². The van der Waals surface area contributed by atoms with Crippen molar-refractivity contribution in [1.82, 2.24) is 10.6 Å². The van der Waals surface area contributed by atoms with E-state index in [1.54, 1.807) is 7.05 Å². The van der Waals surface area contributed by atoms with Gasteiger partial charge in [0.15, 0.2) is 5.96 Å². The number of aryl methyl sites for hydroxylation is 3. The molecule has 154 valence electrons. The fraction of sp³-hybridized carbons (Fsp3) is 0.458. The molecule has 1 heterocycles. The number of ether oxygens (including phenoxy) is 2. The number of guanidine groups is 1. The molecule has 0 aromatic heterocycles. The van der Waals surface area contributed by atoms with E-state index in [1.165, 1.54) is 41.5 Å². The maximum Gasteiger partial charge on any atom is 0.191 e. The molecule has 0 bridgehead atoms. The first-order chi connectivity index (χ1) is 14.2. The molecule has 1 unspecified atom stereocenters. The van der Waals surface area contributed by atoms with Gasteiger partial charge < -0.3 is 20.1 Å². The second kappa shape index (κ2) is 9.31. The van der Waals surface area contributed by atoms with Crippen molar-refractivity contribution in [3.8, 4) is 5.75 Å². The Labute approximate surface area is 173 Å². The van der Waals surface area contributed by atoms with Gasteiger partial charge in [0.2, 0.25) is 0 Å². The molecule has 29 heavy (non-hydrogen) atoms. The van der Waals surface area contributed by atoms with Crippen molar-refractivity contribution in [2.24, 2.45) is 4.99 Å². The Morgan fingerprint density at radius 2 is 1.97 bits per heavy atom. The van der Waals surface area contributed by atoms with E-state index >= 15 is 0 Å². The quantitative estimate of drug-likeness (QED) is 0.582. The Morgan fingerprint density at radius 1 is 1.10 bits per heavy atom. The zero-order valence-corrected chi connectivity index (χ0v) is 17.5. The molecule has 2 aromatic rings. The van der Waals surface area contributed by atoms with Crippen LogP contribution < -0.4 is 15.4 Å². The summed E-state index contributed by atoms with van der Waals surface area (Å²) in [7, 11) is 1.81. The molecule has 1 atom stereocenters. The molecule has 1 aliphatic carbocycles. The topological polar surface area (TPSA) is 54.9 Å². The van der Waals surface area contributed by atoms with Crippen molar-refractivity contribution in [2.45, 2.75) is 51.8 Å². The largest absolute Gasteiger partial charge is 0.488 e. The second-order valence-corrected chi connectivity index (χ2v) is 7.95. The third-order valence-electron chi connectivity index (χ3n) is 5.70. The van der Waals surface area contributed by atoms with Gasteiger partial charge in [-0.15, -0.1) is 0 Å². The summed E-state index contributed by atoms with van der Waals surface area (Å²) in [6.45, 7) is 4.97. The standard InChI is InChI=1S/C24H31N3O2/c1-17-6-8-21(23(12-17)29-22-10-11-28-16-22)15-27-24(25-2)26-14-18-7-9-19-4-3-5-20(19)13-18/h6-9,12-13,22H,3-5,10-11,14-16H2,1-2H3,(H2,25,26,27). The number of hydrogen-bond acceptors (Lipinski definition) is 3. The van der Waals surface area contributed by atoms with Crippen LogP contribution in [0.5, 0.6) is 5.75 Å². The predicted molar refractivity (Wildman–Crippen MR) is 117 cm³/mol. The zero-order chi connectivity index (χ0) is 20.1. The van der Waals surface area contributed by atoms with Crippen LogP contribution in [0.25, 0.3) is 0 Å². The maximum absolute atomic E-state index is 6.20. The van der Waals surface area contributed by atoms with E-state index in [9.17, 15) is 0 Å². The Morgan fingerprint density at radius 3 is 2.79 bits per heavy atom. The van der Waals surface area contributed by atoms with Gasteiger partial charge in [-0.2, -0.15) is 0 Å². The summed E-state index contributed by atoms with van der Waals surface area (Å²) in [5.41, 5.74) is 6.64. The molecule has 0 spiro atoms. The van der Waals surface area contributed by atoms with E-state index in [0.717, 1.165) is 36.8 Å². The molecule has 2 aliphatic rings. The number of nitrogens with zero attached hydrogens (tertiary/aromatic N) is 1. The fourth-order valence-corrected chi connectivity index (χ4v) is 4.02. The van der Waals surface area contributed by atoms with Crippen molar-refractivity contribution in [2.75, 3.05) is 20.3 Å². The lowest BCUT2D eigenvalue weighted by Crippen LogP contribution is -2.36. The predicted octanol–water partition coefficient (Wildman–Crippen LogP) is 3.52. The van der Waals surface area contributed by atoms with Crippen molar-refractivity contribution < 1.29 is 9.47 Å². The molecule has 0 saturated carbocycles. The van der Waals surface area contributed by atoms with Crippen LogP contribution in [0, 0.1) is 6.92 Å². The van der Waals surface area contributed by atoms with E-state index in [-0.39, 0.29) is 6.10 Å². The van der Waals surface area contributed by atoms with Crippen molar-refractivity contribution in [1.29, 1.82) is 0 Å². The van der Waals surface area contributed by atoms with Crippen LogP contribution in [0.4, 0.5) is 0 Å². The van der Waals surface area contributed by atoms with Crippen LogP contribution >= 0.6 is 0 Å². The minimum Gasteiger partial charge on any atom is -0.488 e. The van der Waals surface area contributed by atoms with Gasteiger partial charge in [0, 0.05) is 32.1 Å². The average Bonchev–Trinajstić information content (AvgIpc) is 3.40. The molecule has 1 fully saturated rings. The average molecular weight is 394 g/mol. The summed E-state index contributed by atoms with van der Waals surface area (Å²) in [5, 5.41) is 6.85. The number of hydrogen-bond donors (Lipinski definition) is 2. The number of aliphatic imine (C=N–C) groups is 1. The summed E-state index contributed by atoms with van der Waals surface area (Å²) in [4.78, 5) is 4.37. The molecule has 2 N–H and O–H groups in total. The Hall–Kier alpha value is -2.53. The van der Waals surface area contributed by atoms with Gasteiger partial charge >= 0.3 is 0 Å². The molecule has 2 aromatic carbocycles. The van der Waals surface area contributed by atoms with Crippen molar-refractivity contribution >= 4 is 5.96 Å². The van der Waals surface area contributed by atoms with Gasteiger partial charge in [-0.05, 0) is 54.5 Å². The Balaban J connectivity index is 1.34. The highest BCUT2D eigenvalue weighted by atomic mass is 16.5. The summed E-state index contributed by atoms with van der Waals surface area (Å²) in [5.74, 6) is 1.73. The number of rotatable bonds is 6. The molecule has 1 aliphatic heterocycles. The van der Waals surface area contributed by atoms with Gasteiger partial charge in [0.25, 0.3) is 0 Å². The van der Waals surface area contributed by atoms with Gasteiger partial charge in [0.1, 0.15) is 11.9 Å². The van der Waals surface area contributed by atoms with E-state index in [1.807, 2.05) is 0 Å². The normalized spacial score (nSPS) is 18.6. The van der Waals surface area contributed by atoms with Crippen molar-refractivity contribution in [3.05, 3.63) is 64.2 Å². The van der Waals surface area contributed by atoms with Gasteiger partial charge in [-0.3, -0.25) is 4.99 Å². The summed E-state index contributed by atoms with van der Waals surface area (Å²) < 4.78 is 11.6. The highest BCUT2D eigenvalue weighted by Gasteiger charge is 2.19. The minimum absolute atomic E-state index is 0.146. The maximum atomic E-state index is 6.20. The van der Waals surface area contributed by atoms with Crippen LogP contribution in [0.15, 0.2) is 41.4 Å². The minimum atomic E-state index is 0.146. The fourth-order valence-electron chi connectivity index (χ4n) is 4.02. The van der Waals surface area contributed by atoms with Crippen LogP contribution in [0.1, 0.15) is 40.7 Å². The Bertz CT molecular complexity index is 872. The first-order valence-electron chi connectivity index (χ1n) is 10.6. The lowest BCUT2D eigenvalue weighted by Gasteiger charge is -2.18. The molecule has 4 rings (SSSR count). The number of fused-ring (bicyclic) bond motifs is 1. The van der Waals surface area contributed by atoms with Crippen LogP contribution in [0.2, 0.25) is 0 Å². The lowest BCUT2D eigenvalue weighted by molar-refractivity contribution is 0.140. The molecular formula is C24H31N3O2. The first kappa shape index (κ1) is 19.8. The van der Waals surface area contributed by atoms with Gasteiger partial charge in [-0.25, -0.2) is 0 Å². The Kier molecular flexibility index (Phi) is 6.35. The molecule has 0 amide bonds. The molecule has 0 radical (unpaired) electrons. The van der Waals surface area contributed by atoms with Crippen molar-refractivity contribution in [3.63, 3.8) is 0 Å².